The van der Waals surface area contributed by atoms with Gasteiger partial charge >= 0.3 is 20.4 Å². The molecule has 0 radical (unpaired) electrons. The molecule has 0 aromatic carbocycles. The maximum Gasteiger partial charge on any atom is 2.00 e. The Balaban J connectivity index is -0.00000000667. The first-order valence-electron chi connectivity index (χ1n) is 0.816. The van der Waals surface area contributed by atoms with Crippen molar-refractivity contribution in [2.45, 2.75) is 0 Å². The van der Waals surface area contributed by atoms with Gasteiger partial charge < -0.3 is 12.4 Å². The van der Waals surface area contributed by atoms with E-state index in [0.717, 1.165) is 0 Å². The second-order valence-corrected chi connectivity index (χ2v) is 0.289. The molecule has 6 heavy (non-hydrogen) atoms. The molecule has 0 aromatic rings. The van der Waals surface area contributed by atoms with Crippen molar-refractivity contribution in [3.63, 3.8) is 0 Å². The summed E-state index contributed by atoms with van der Waals surface area (Å²) >= 11 is 0. The molecule has 0 amide bonds. The molecule has 3 heteroatoms. The molecule has 0 spiro atoms. The first-order chi connectivity index (χ1) is 1.41. The molecule has 0 saturated carbocycles. The average Bonchev–Trinajstić information content (AvgIpc) is 0.918. The fraction of sp³-hybridized carbons (Fsp3) is 0. The van der Waals surface area contributed by atoms with Crippen molar-refractivity contribution in [1.82, 2.24) is 0 Å². The molecular weight excluding hydrogens is 218 g/mol. The van der Waals surface area contributed by atoms with Crippen LogP contribution in [-0.4, -0.2) is 0 Å². The zero-order valence-corrected chi connectivity index (χ0v) is 6.06. The van der Waals surface area contributed by atoms with E-state index < -0.39 is 0 Å². The smallest absolute Gasteiger partial charge is 1.00 e. The summed E-state index contributed by atoms with van der Waals surface area (Å²) in [6, 6.07) is 0. The second kappa shape index (κ2) is 29.0. The summed E-state index contributed by atoms with van der Waals surface area (Å²) in [5.41, 5.74) is 0. The van der Waals surface area contributed by atoms with Crippen molar-refractivity contribution < 1.29 is 70.6 Å². The van der Waals surface area contributed by atoms with Crippen LogP contribution in [0.5, 0.6) is 0 Å². The normalized spacial score (nSPS) is 2.00. The monoisotopic (exact) mass is 222 g/mol. The Hall–Kier alpha value is 1.82. The van der Waals surface area contributed by atoms with E-state index in [0.29, 0.717) is 0 Å². The van der Waals surface area contributed by atoms with Gasteiger partial charge in [0, 0.05) is 37.7 Å². The summed E-state index contributed by atoms with van der Waals surface area (Å²) in [4.78, 5) is 0. The number of halogens is 1. The molecule has 0 heterocycles. The van der Waals surface area contributed by atoms with Crippen LogP contribution >= 0.6 is 0 Å². The number of rotatable bonds is 0. The zero-order chi connectivity index (χ0) is 2.71. The molecule has 0 saturated heterocycles. The van der Waals surface area contributed by atoms with Crippen molar-refractivity contribution in [1.29, 1.82) is 0 Å². The molecule has 0 atom stereocenters. The molecule has 0 fully saturated rings. The van der Waals surface area contributed by atoms with Gasteiger partial charge in [-0.05, 0) is 0 Å². The van der Waals surface area contributed by atoms with Gasteiger partial charge in [-0.2, -0.15) is 0 Å². The topological polar surface area (TPSA) is 0 Å². The van der Waals surface area contributed by atoms with Gasteiger partial charge in [0.2, 0.25) is 0 Å². The summed E-state index contributed by atoms with van der Waals surface area (Å²) in [5.74, 6) is 0. The minimum Gasteiger partial charge on any atom is -1.00 e. The third-order valence-corrected chi connectivity index (χ3v) is 0. The van der Waals surface area contributed by atoms with Gasteiger partial charge in [0.1, 0.15) is 0 Å². The maximum atomic E-state index is 3.25. The second-order valence-electron chi connectivity index (χ2n) is 0.289. The van der Waals surface area contributed by atoms with Crippen molar-refractivity contribution >= 4 is 0 Å². The van der Waals surface area contributed by atoms with Gasteiger partial charge in [-0.15, -0.1) is 0 Å². The van der Waals surface area contributed by atoms with Crippen LogP contribution in [0.3, 0.4) is 0 Å². The maximum absolute atomic E-state index is 3.25. The van der Waals surface area contributed by atoms with Crippen molar-refractivity contribution in [2.75, 3.05) is 0 Å². The summed E-state index contributed by atoms with van der Waals surface area (Å²) < 4.78 is 0. The molecule has 0 aliphatic rings. The SMILES string of the molecule is C=C[CH2-].[Ar].[Cl-].[Pd+2]. The standard InChI is InChI=1S/C3H5.Ar.ClH.Pd/c1-3-2;;;/h3H,1-2H2;;1H;/q-1;;;+2/p-1. The van der Waals surface area contributed by atoms with Crippen LogP contribution in [0.1, 0.15) is 0 Å². The van der Waals surface area contributed by atoms with Gasteiger partial charge in [-0.3, -0.25) is 0 Å². The molecule has 0 N–H and O–H groups in total. The van der Waals surface area contributed by atoms with Crippen LogP contribution in [0, 0.1) is 44.7 Å². The Labute approximate surface area is 88.8 Å². The number of hydrogen-bond acceptors (Lipinski definition) is 0. The predicted molar refractivity (Wildman–Crippen MR) is 15.6 cm³/mol. The van der Waals surface area contributed by atoms with Gasteiger partial charge in [-0.1, -0.05) is 0 Å². The van der Waals surface area contributed by atoms with Crippen molar-refractivity contribution in [2.24, 2.45) is 0 Å². The van der Waals surface area contributed by atoms with Gasteiger partial charge in [0.05, 0.1) is 0 Å². The van der Waals surface area contributed by atoms with Crippen LogP contribution in [0.25, 0.3) is 0 Å². The van der Waals surface area contributed by atoms with Crippen LogP contribution in [0.4, 0.5) is 0 Å². The fourth-order valence-electron chi connectivity index (χ4n) is 0. The van der Waals surface area contributed by atoms with E-state index in [1.165, 1.54) is 6.08 Å². The summed E-state index contributed by atoms with van der Waals surface area (Å²) in [7, 11) is 0. The average molecular weight is 223 g/mol. The van der Waals surface area contributed by atoms with E-state index in [-0.39, 0.29) is 70.6 Å². The third kappa shape index (κ3) is 40.8. The van der Waals surface area contributed by atoms with Gasteiger partial charge in [-0.25, -0.2) is 19.6 Å². The van der Waals surface area contributed by atoms with Crippen LogP contribution in [0.15, 0.2) is 12.7 Å². The molecule has 0 unspecified atom stereocenters. The van der Waals surface area contributed by atoms with Gasteiger partial charge in [0.25, 0.3) is 0 Å². The molecular formula is C3H5ArClPd. The first kappa shape index (κ1) is 24.9. The molecule has 0 aliphatic heterocycles. The van der Waals surface area contributed by atoms with E-state index in [1.807, 2.05) is 0 Å². The quantitative estimate of drug-likeness (QED) is 0.329. The Kier molecular flexibility index (Phi) is 121. The summed E-state index contributed by atoms with van der Waals surface area (Å²) in [5, 5.41) is 0. The van der Waals surface area contributed by atoms with E-state index >= 15 is 0 Å². The fourth-order valence-corrected chi connectivity index (χ4v) is 0. The summed E-state index contributed by atoms with van der Waals surface area (Å²) in [6.07, 6.45) is 1.50. The Morgan fingerprint density at radius 1 is 1.50 bits per heavy atom. The number of allylic oxidation sites excluding steroid dienone is 1. The summed E-state index contributed by atoms with van der Waals surface area (Å²) in [6.45, 7) is 6.50. The van der Waals surface area contributed by atoms with E-state index in [1.54, 1.807) is 0 Å². The zero-order valence-electron chi connectivity index (χ0n) is 3.04. The largest absolute Gasteiger partial charge is 2.00 e. The Bertz CT molecular complexity index is 18.3. The molecule has 0 aliphatic carbocycles. The molecule has 42 valence electrons. The van der Waals surface area contributed by atoms with Crippen molar-refractivity contribution in [3.05, 3.63) is 19.6 Å². The molecule has 0 nitrogen and oxygen atoms in total. The van der Waals surface area contributed by atoms with Crippen LogP contribution < -0.4 is 12.4 Å². The molecule has 0 bridgehead atoms. The number of hydrogen-bond donors (Lipinski definition) is 0. The van der Waals surface area contributed by atoms with Crippen LogP contribution in [0.2, 0.25) is 0 Å². The van der Waals surface area contributed by atoms with Crippen molar-refractivity contribution in [3.8, 4) is 0 Å². The molecule has 0 rings (SSSR count). The van der Waals surface area contributed by atoms with Gasteiger partial charge in [0.15, 0.2) is 0 Å². The first-order valence-corrected chi connectivity index (χ1v) is 0.816. The molecule has 0 aromatic heterocycles. The van der Waals surface area contributed by atoms with E-state index in [9.17, 15) is 0 Å². The van der Waals surface area contributed by atoms with E-state index in [2.05, 4.69) is 13.5 Å². The minimum atomic E-state index is 0. The third-order valence-electron chi connectivity index (χ3n) is 0. The van der Waals surface area contributed by atoms with E-state index in [4.69, 9.17) is 0 Å². The Morgan fingerprint density at radius 3 is 1.50 bits per heavy atom. The predicted octanol–water partition coefficient (Wildman–Crippen LogP) is -1.99. The Morgan fingerprint density at radius 2 is 1.50 bits per heavy atom. The van der Waals surface area contributed by atoms with Crippen LogP contribution in [-0.2, 0) is 20.4 Å². The minimum absolute atomic E-state index is 0.